The monoisotopic (exact) mass is 597 g/mol. The highest BCUT2D eigenvalue weighted by Crippen LogP contribution is 2.57. The maximum Gasteiger partial charge on any atom is 0.237 e. The van der Waals surface area contributed by atoms with Crippen molar-refractivity contribution in [1.29, 1.82) is 0 Å². The van der Waals surface area contributed by atoms with E-state index in [1.54, 1.807) is 60.7 Å². The zero-order chi connectivity index (χ0) is 24.5. The molecule has 0 bridgehead atoms. The van der Waals surface area contributed by atoms with Crippen molar-refractivity contribution in [2.45, 2.75) is 18.2 Å². The van der Waals surface area contributed by atoms with Crippen LogP contribution in [0, 0.1) is 15.4 Å². The topological polar surface area (TPSA) is 80.8 Å². The molecule has 2 saturated heterocycles. The van der Waals surface area contributed by atoms with Gasteiger partial charge < -0.3 is 4.74 Å². The Morgan fingerprint density at radius 2 is 1.43 bits per heavy atom. The third-order valence-corrected chi connectivity index (χ3v) is 8.03. The summed E-state index contributed by atoms with van der Waals surface area (Å²) in [5.74, 6) is -4.37. The molecule has 6 rings (SSSR count). The molecule has 3 aromatic rings. The second-order valence-electron chi connectivity index (χ2n) is 8.92. The largest absolute Gasteiger partial charge is 0.349 e. The van der Waals surface area contributed by atoms with Crippen LogP contribution in [-0.4, -0.2) is 33.9 Å². The first-order valence-electron chi connectivity index (χ1n) is 11.0. The lowest BCUT2D eigenvalue weighted by molar-refractivity contribution is -0.145. The molecule has 3 aliphatic rings. The first-order valence-corrected chi connectivity index (χ1v) is 12.5. The molecular formula is C27H17ClINO5. The molecule has 6 nitrogen and oxygen atoms in total. The van der Waals surface area contributed by atoms with Crippen LogP contribution >= 0.6 is 34.2 Å². The van der Waals surface area contributed by atoms with E-state index in [9.17, 15) is 19.2 Å². The van der Waals surface area contributed by atoms with Crippen LogP contribution in [0.3, 0.4) is 0 Å². The number of ketones is 2. The highest BCUT2D eigenvalue weighted by molar-refractivity contribution is 14.1. The molecule has 174 valence electrons. The van der Waals surface area contributed by atoms with E-state index in [2.05, 4.69) is 22.6 Å². The molecule has 2 amide bonds. The number of amides is 2. The normalized spacial score (nSPS) is 24.4. The number of halogens is 2. The van der Waals surface area contributed by atoms with Crippen molar-refractivity contribution < 1.29 is 23.9 Å². The maximum absolute atomic E-state index is 13.8. The van der Waals surface area contributed by atoms with Gasteiger partial charge in [0.2, 0.25) is 29.0 Å². The van der Waals surface area contributed by atoms with E-state index in [1.165, 1.54) is 0 Å². The number of ether oxygens (including phenoxy) is 1. The lowest BCUT2D eigenvalue weighted by Gasteiger charge is -2.27. The third-order valence-electron chi connectivity index (χ3n) is 7.06. The van der Waals surface area contributed by atoms with Crippen LogP contribution in [-0.2, 0) is 20.9 Å². The number of benzene rings is 3. The minimum Gasteiger partial charge on any atom is -0.349 e. The molecule has 0 aromatic heterocycles. The van der Waals surface area contributed by atoms with Gasteiger partial charge in [-0.15, -0.1) is 0 Å². The summed E-state index contributed by atoms with van der Waals surface area (Å²) in [6.07, 6.45) is -0.911. The van der Waals surface area contributed by atoms with Crippen LogP contribution in [0.15, 0.2) is 72.8 Å². The molecule has 2 heterocycles. The molecule has 8 heteroatoms. The van der Waals surface area contributed by atoms with Crippen molar-refractivity contribution in [3.63, 3.8) is 0 Å². The second kappa shape index (κ2) is 8.08. The van der Waals surface area contributed by atoms with Crippen molar-refractivity contribution in [3.8, 4) is 0 Å². The standard InChI is InChI=1S/C27H17ClINO5/c28-16-9-5-14(6-10-16)13-30-25(33)20-21(26(30)34)27(35-22(20)15-7-11-17(29)12-8-15)23(31)18-3-1-2-4-19(18)24(27)32/h1-12,20-22H,13H2/t20-,21-,22-/m0/s1. The minimum atomic E-state index is -2.05. The first kappa shape index (κ1) is 22.6. The van der Waals surface area contributed by atoms with Crippen LogP contribution in [0.25, 0.3) is 0 Å². The van der Waals surface area contributed by atoms with Gasteiger partial charge in [0.15, 0.2) is 0 Å². The summed E-state index contributed by atoms with van der Waals surface area (Å²) in [6.45, 7) is 0.0205. The molecule has 2 aliphatic heterocycles. The molecule has 1 aliphatic carbocycles. The van der Waals surface area contributed by atoms with Crippen LogP contribution in [0.2, 0.25) is 5.02 Å². The summed E-state index contributed by atoms with van der Waals surface area (Å²) >= 11 is 8.15. The number of likely N-dealkylation sites (tertiary alicyclic amines) is 1. The van der Waals surface area contributed by atoms with Crippen molar-refractivity contribution >= 4 is 57.6 Å². The molecule has 0 N–H and O–H groups in total. The molecular weight excluding hydrogens is 581 g/mol. The molecule has 2 fully saturated rings. The van der Waals surface area contributed by atoms with Crippen molar-refractivity contribution in [2.24, 2.45) is 11.8 Å². The Hall–Kier alpha value is -2.88. The predicted octanol–water partition coefficient (Wildman–Crippen LogP) is 4.64. The highest BCUT2D eigenvalue weighted by Gasteiger charge is 2.74. The van der Waals surface area contributed by atoms with E-state index >= 15 is 0 Å². The number of nitrogens with zero attached hydrogens (tertiary/aromatic N) is 1. The number of carbonyl (C=O) groups is 4. The van der Waals surface area contributed by atoms with E-state index in [4.69, 9.17) is 16.3 Å². The average molecular weight is 598 g/mol. The summed E-state index contributed by atoms with van der Waals surface area (Å²) < 4.78 is 7.26. The van der Waals surface area contributed by atoms with Gasteiger partial charge in [0, 0.05) is 19.7 Å². The smallest absolute Gasteiger partial charge is 0.237 e. The lowest BCUT2D eigenvalue weighted by Crippen LogP contribution is -2.50. The van der Waals surface area contributed by atoms with E-state index in [-0.39, 0.29) is 17.7 Å². The number of hydrogen-bond acceptors (Lipinski definition) is 5. The zero-order valence-electron chi connectivity index (χ0n) is 18.1. The predicted molar refractivity (Wildman–Crippen MR) is 135 cm³/mol. The van der Waals surface area contributed by atoms with Gasteiger partial charge in [-0.1, -0.05) is 60.1 Å². The van der Waals surface area contributed by atoms with E-state index in [0.717, 1.165) is 8.47 Å². The van der Waals surface area contributed by atoms with Gasteiger partial charge in [0.25, 0.3) is 0 Å². The Kier molecular flexibility index (Phi) is 5.21. The SMILES string of the molecule is O=C1[C@H]2[C@@H](C(=O)N1Cc1ccc(Cl)cc1)C1(O[C@H]2c2ccc(I)cc2)C(=O)c2ccccc2C1=O. The number of Topliss-reactive ketones (excluding diaryl/α,β-unsaturated/α-hetero) is 2. The molecule has 3 aromatic carbocycles. The first-order chi connectivity index (χ1) is 16.8. The van der Waals surface area contributed by atoms with Gasteiger partial charge in [-0.2, -0.15) is 0 Å². The van der Waals surface area contributed by atoms with Gasteiger partial charge in [0.05, 0.1) is 24.5 Å². The average Bonchev–Trinajstić information content (AvgIpc) is 3.42. The molecule has 0 radical (unpaired) electrons. The Labute approximate surface area is 219 Å². The Morgan fingerprint density at radius 3 is 2.03 bits per heavy atom. The van der Waals surface area contributed by atoms with Crippen molar-refractivity contribution in [2.75, 3.05) is 0 Å². The van der Waals surface area contributed by atoms with Crippen LogP contribution < -0.4 is 0 Å². The molecule has 0 saturated carbocycles. The summed E-state index contributed by atoms with van der Waals surface area (Å²) in [7, 11) is 0. The van der Waals surface area contributed by atoms with Gasteiger partial charge in [-0.3, -0.25) is 24.1 Å². The minimum absolute atomic E-state index is 0.0205. The van der Waals surface area contributed by atoms with Gasteiger partial charge >= 0.3 is 0 Å². The fraction of sp³-hybridized carbons (Fsp3) is 0.185. The van der Waals surface area contributed by atoms with Gasteiger partial charge in [-0.05, 0) is 58.0 Å². The molecule has 1 spiro atoms. The fourth-order valence-electron chi connectivity index (χ4n) is 5.46. The Bertz CT molecular complexity index is 1380. The second-order valence-corrected chi connectivity index (χ2v) is 10.6. The van der Waals surface area contributed by atoms with Crippen LogP contribution in [0.1, 0.15) is 37.9 Å². The maximum atomic E-state index is 13.8. The number of hydrogen-bond donors (Lipinski definition) is 0. The quantitative estimate of drug-likeness (QED) is 0.250. The van der Waals surface area contributed by atoms with Crippen molar-refractivity contribution in [1.82, 2.24) is 4.90 Å². The van der Waals surface area contributed by atoms with E-state index < -0.39 is 46.9 Å². The Morgan fingerprint density at radius 1 is 0.829 bits per heavy atom. The summed E-state index contributed by atoms with van der Waals surface area (Å²) in [5.41, 5.74) is -0.261. The highest BCUT2D eigenvalue weighted by atomic mass is 127. The third kappa shape index (κ3) is 3.18. The number of rotatable bonds is 3. The zero-order valence-corrected chi connectivity index (χ0v) is 21.0. The van der Waals surface area contributed by atoms with Crippen LogP contribution in [0.5, 0.6) is 0 Å². The van der Waals surface area contributed by atoms with Crippen LogP contribution in [0.4, 0.5) is 0 Å². The summed E-state index contributed by atoms with van der Waals surface area (Å²) in [4.78, 5) is 56.1. The molecule has 0 unspecified atom stereocenters. The summed E-state index contributed by atoms with van der Waals surface area (Å²) in [6, 6.07) is 20.6. The number of carbonyl (C=O) groups excluding carboxylic acids is 4. The molecule has 3 atom stereocenters. The number of fused-ring (bicyclic) bond motifs is 3. The van der Waals surface area contributed by atoms with Gasteiger partial charge in [0.1, 0.15) is 0 Å². The fourth-order valence-corrected chi connectivity index (χ4v) is 5.94. The lowest BCUT2D eigenvalue weighted by atomic mass is 9.77. The summed E-state index contributed by atoms with van der Waals surface area (Å²) in [5, 5.41) is 0.538. The Balaban J connectivity index is 1.48. The van der Waals surface area contributed by atoms with E-state index in [1.807, 2.05) is 12.1 Å². The van der Waals surface area contributed by atoms with E-state index in [0.29, 0.717) is 16.1 Å². The number of imide groups is 1. The van der Waals surface area contributed by atoms with Gasteiger partial charge in [-0.25, -0.2) is 0 Å². The van der Waals surface area contributed by atoms with Crippen molar-refractivity contribution in [3.05, 3.63) is 104 Å². The molecule has 35 heavy (non-hydrogen) atoms.